The summed E-state index contributed by atoms with van der Waals surface area (Å²) in [6.07, 6.45) is 3.93. The molecule has 0 bridgehead atoms. The second-order valence-electron chi connectivity index (χ2n) is 5.92. The highest BCUT2D eigenvalue weighted by Crippen LogP contribution is 2.19. The van der Waals surface area contributed by atoms with Gasteiger partial charge in [-0.1, -0.05) is 0 Å². The van der Waals surface area contributed by atoms with Gasteiger partial charge in [0.1, 0.15) is 0 Å². The number of amides is 2. The standard InChI is InChI=1S/C18H20FN3O3/c1-25-16-3-2-14(11-15(16)19)18(24)22-8-6-21(7-9-22)17(23)10-13-4-5-20-12-13/h2-5,11-12,20H,6-10H2,1H3. The lowest BCUT2D eigenvalue weighted by Crippen LogP contribution is -2.51. The summed E-state index contributed by atoms with van der Waals surface area (Å²) in [5.41, 5.74) is 1.22. The van der Waals surface area contributed by atoms with Crippen LogP contribution >= 0.6 is 0 Å². The fourth-order valence-corrected chi connectivity index (χ4v) is 2.90. The van der Waals surface area contributed by atoms with Crippen LogP contribution in [0.2, 0.25) is 0 Å². The molecule has 0 radical (unpaired) electrons. The highest BCUT2D eigenvalue weighted by Gasteiger charge is 2.25. The molecule has 25 heavy (non-hydrogen) atoms. The number of methoxy groups -OCH3 is 1. The minimum Gasteiger partial charge on any atom is -0.494 e. The third-order valence-electron chi connectivity index (χ3n) is 4.34. The topological polar surface area (TPSA) is 65.6 Å². The average Bonchev–Trinajstić information content (AvgIpc) is 3.14. The zero-order valence-corrected chi connectivity index (χ0v) is 14.0. The van der Waals surface area contributed by atoms with Crippen LogP contribution in [0.4, 0.5) is 4.39 Å². The number of carbonyl (C=O) groups is 2. The largest absolute Gasteiger partial charge is 0.494 e. The van der Waals surface area contributed by atoms with Crippen molar-refractivity contribution in [2.24, 2.45) is 0 Å². The molecule has 0 atom stereocenters. The number of halogens is 1. The Balaban J connectivity index is 1.57. The first kappa shape index (κ1) is 17.0. The van der Waals surface area contributed by atoms with E-state index in [2.05, 4.69) is 4.98 Å². The maximum absolute atomic E-state index is 13.8. The monoisotopic (exact) mass is 345 g/mol. The van der Waals surface area contributed by atoms with Crippen LogP contribution in [0.3, 0.4) is 0 Å². The number of H-pyrrole nitrogens is 1. The van der Waals surface area contributed by atoms with Crippen molar-refractivity contribution >= 4 is 11.8 Å². The van der Waals surface area contributed by atoms with Crippen LogP contribution in [0.15, 0.2) is 36.7 Å². The number of piperazine rings is 1. The summed E-state index contributed by atoms with van der Waals surface area (Å²) in [5, 5.41) is 0. The van der Waals surface area contributed by atoms with Gasteiger partial charge in [0.05, 0.1) is 13.5 Å². The number of hydrogen-bond acceptors (Lipinski definition) is 3. The van der Waals surface area contributed by atoms with E-state index in [1.54, 1.807) is 28.3 Å². The first-order valence-corrected chi connectivity index (χ1v) is 8.10. The van der Waals surface area contributed by atoms with Crippen LogP contribution in [0.1, 0.15) is 15.9 Å². The molecule has 1 saturated heterocycles. The Bertz CT molecular complexity index is 753. The number of benzene rings is 1. The molecular weight excluding hydrogens is 325 g/mol. The van der Waals surface area contributed by atoms with Crippen molar-refractivity contribution in [3.63, 3.8) is 0 Å². The van der Waals surface area contributed by atoms with E-state index >= 15 is 0 Å². The van der Waals surface area contributed by atoms with Gasteiger partial charge in [-0.05, 0) is 29.8 Å². The van der Waals surface area contributed by atoms with Crippen molar-refractivity contribution in [2.45, 2.75) is 6.42 Å². The zero-order valence-electron chi connectivity index (χ0n) is 14.0. The third kappa shape index (κ3) is 3.81. The van der Waals surface area contributed by atoms with Gasteiger partial charge in [0.2, 0.25) is 5.91 Å². The molecule has 0 unspecified atom stereocenters. The Kier molecular flexibility index (Phi) is 5.02. The van der Waals surface area contributed by atoms with E-state index in [1.165, 1.54) is 19.2 Å². The van der Waals surface area contributed by atoms with Gasteiger partial charge in [0.25, 0.3) is 5.91 Å². The number of hydrogen-bond donors (Lipinski definition) is 1. The smallest absolute Gasteiger partial charge is 0.254 e. The van der Waals surface area contributed by atoms with Crippen LogP contribution in [-0.2, 0) is 11.2 Å². The fourth-order valence-electron chi connectivity index (χ4n) is 2.90. The number of nitrogens with zero attached hydrogens (tertiary/aromatic N) is 2. The van der Waals surface area contributed by atoms with Gasteiger partial charge >= 0.3 is 0 Å². The van der Waals surface area contributed by atoms with Crippen molar-refractivity contribution in [1.82, 2.24) is 14.8 Å². The predicted molar refractivity (Wildman–Crippen MR) is 89.9 cm³/mol. The number of nitrogens with one attached hydrogen (secondary N) is 1. The molecule has 1 aliphatic rings. The number of rotatable bonds is 4. The number of aromatic amines is 1. The SMILES string of the molecule is COc1ccc(C(=O)N2CCN(C(=O)Cc3cc[nH]c3)CC2)cc1F. The normalized spacial score (nSPS) is 14.5. The van der Waals surface area contributed by atoms with E-state index in [-0.39, 0.29) is 23.1 Å². The summed E-state index contributed by atoms with van der Waals surface area (Å²) in [6.45, 7) is 1.83. The molecule has 1 aromatic carbocycles. The number of carbonyl (C=O) groups excluding carboxylic acids is 2. The summed E-state index contributed by atoms with van der Waals surface area (Å²) in [7, 11) is 1.38. The summed E-state index contributed by atoms with van der Waals surface area (Å²) in [4.78, 5) is 31.1. The lowest BCUT2D eigenvalue weighted by molar-refractivity contribution is -0.131. The Hall–Kier alpha value is -2.83. The second kappa shape index (κ2) is 7.38. The van der Waals surface area contributed by atoms with E-state index in [0.717, 1.165) is 5.56 Å². The van der Waals surface area contributed by atoms with Crippen molar-refractivity contribution in [1.29, 1.82) is 0 Å². The van der Waals surface area contributed by atoms with E-state index in [0.29, 0.717) is 32.6 Å². The maximum atomic E-state index is 13.8. The van der Waals surface area contributed by atoms with Gasteiger partial charge in [-0.3, -0.25) is 9.59 Å². The van der Waals surface area contributed by atoms with Crippen LogP contribution in [0.25, 0.3) is 0 Å². The molecule has 6 nitrogen and oxygen atoms in total. The summed E-state index contributed by atoms with van der Waals surface area (Å²) >= 11 is 0. The summed E-state index contributed by atoms with van der Waals surface area (Å²) in [6, 6.07) is 6.05. The molecule has 1 aliphatic heterocycles. The first-order valence-electron chi connectivity index (χ1n) is 8.10. The Morgan fingerprint density at radius 2 is 1.88 bits per heavy atom. The summed E-state index contributed by atoms with van der Waals surface area (Å²) in [5.74, 6) is -0.646. The molecule has 1 aromatic heterocycles. The van der Waals surface area contributed by atoms with Gasteiger partial charge in [-0.25, -0.2) is 4.39 Å². The maximum Gasteiger partial charge on any atom is 0.254 e. The molecule has 1 fully saturated rings. The minimum atomic E-state index is -0.561. The molecule has 0 aliphatic carbocycles. The molecule has 0 spiro atoms. The molecule has 2 aromatic rings. The number of ether oxygens (including phenoxy) is 1. The molecule has 7 heteroatoms. The molecular formula is C18H20FN3O3. The van der Waals surface area contributed by atoms with Crippen LogP contribution < -0.4 is 4.74 Å². The van der Waals surface area contributed by atoms with Gasteiger partial charge < -0.3 is 19.5 Å². The molecule has 2 amide bonds. The van der Waals surface area contributed by atoms with Crippen LogP contribution in [0.5, 0.6) is 5.75 Å². The molecule has 1 N–H and O–H groups in total. The highest BCUT2D eigenvalue weighted by atomic mass is 19.1. The van der Waals surface area contributed by atoms with E-state index in [9.17, 15) is 14.0 Å². The number of aromatic nitrogens is 1. The quantitative estimate of drug-likeness (QED) is 0.917. The lowest BCUT2D eigenvalue weighted by Gasteiger charge is -2.35. The lowest BCUT2D eigenvalue weighted by atomic mass is 10.1. The highest BCUT2D eigenvalue weighted by molar-refractivity contribution is 5.94. The summed E-state index contributed by atoms with van der Waals surface area (Å²) < 4.78 is 18.6. The minimum absolute atomic E-state index is 0.0437. The predicted octanol–water partition coefficient (Wildman–Crippen LogP) is 1.69. The van der Waals surface area contributed by atoms with E-state index < -0.39 is 5.82 Å². The average molecular weight is 345 g/mol. The molecule has 2 heterocycles. The van der Waals surface area contributed by atoms with Gasteiger partial charge in [-0.15, -0.1) is 0 Å². The van der Waals surface area contributed by atoms with E-state index in [1.807, 2.05) is 6.07 Å². The van der Waals surface area contributed by atoms with Crippen LogP contribution in [-0.4, -0.2) is 59.9 Å². The van der Waals surface area contributed by atoms with Crippen molar-refractivity contribution in [3.8, 4) is 5.75 Å². The molecule has 0 saturated carbocycles. The fraction of sp³-hybridized carbons (Fsp3) is 0.333. The molecule has 132 valence electrons. The first-order chi connectivity index (χ1) is 12.1. The molecule has 3 rings (SSSR count). The van der Waals surface area contributed by atoms with Crippen molar-refractivity contribution in [2.75, 3.05) is 33.3 Å². The Morgan fingerprint density at radius 1 is 1.16 bits per heavy atom. The Labute approximate surface area is 145 Å². The Morgan fingerprint density at radius 3 is 2.48 bits per heavy atom. The van der Waals surface area contributed by atoms with E-state index in [4.69, 9.17) is 4.74 Å². The van der Waals surface area contributed by atoms with Gasteiger partial charge in [0.15, 0.2) is 11.6 Å². The van der Waals surface area contributed by atoms with Gasteiger partial charge in [-0.2, -0.15) is 0 Å². The third-order valence-corrected chi connectivity index (χ3v) is 4.34. The van der Waals surface area contributed by atoms with Crippen LogP contribution in [0, 0.1) is 5.82 Å². The van der Waals surface area contributed by atoms with Crippen molar-refractivity contribution < 1.29 is 18.7 Å². The van der Waals surface area contributed by atoms with Crippen molar-refractivity contribution in [3.05, 3.63) is 53.6 Å². The zero-order chi connectivity index (χ0) is 17.8. The second-order valence-corrected chi connectivity index (χ2v) is 5.92. The van der Waals surface area contributed by atoms with Gasteiger partial charge in [0, 0.05) is 44.1 Å².